The number of hydrogen-bond donors (Lipinski definition) is 0. The van der Waals surface area contributed by atoms with Crippen molar-refractivity contribution in [3.05, 3.63) is 55.6 Å². The minimum atomic E-state index is -0.794. The third-order valence-corrected chi connectivity index (χ3v) is 1.49. The third-order valence-electron chi connectivity index (χ3n) is 1.49. The van der Waals surface area contributed by atoms with Crippen LogP contribution in [0.3, 0.4) is 0 Å². The van der Waals surface area contributed by atoms with Gasteiger partial charge in [-0.05, 0) is 12.1 Å². The first-order valence-electron chi connectivity index (χ1n) is 4.00. The summed E-state index contributed by atoms with van der Waals surface area (Å²) in [5.74, 6) is 4.52. The van der Waals surface area contributed by atoms with Crippen molar-refractivity contribution in [2.45, 2.75) is 0 Å². The van der Waals surface area contributed by atoms with E-state index in [0.717, 1.165) is 0 Å². The average molecular weight is 216 g/mol. The average Bonchev–Trinajstić information content (AvgIpc) is 2.24. The summed E-state index contributed by atoms with van der Waals surface area (Å²) in [6, 6.07) is 9.67. The third kappa shape index (κ3) is 3.48. The van der Waals surface area contributed by atoms with Crippen LogP contribution in [0.5, 0.6) is 0 Å². The van der Waals surface area contributed by atoms with Crippen molar-refractivity contribution in [1.82, 2.24) is 0 Å². The van der Waals surface area contributed by atoms with Crippen LogP contribution in [0.25, 0.3) is 0 Å². The molecule has 0 unspecified atom stereocenters. The Morgan fingerprint density at radius 3 is 1.56 bits per heavy atom. The van der Waals surface area contributed by atoms with Crippen LogP contribution in [-0.2, 0) is 0 Å². The summed E-state index contributed by atoms with van der Waals surface area (Å²) < 4.78 is 0. The van der Waals surface area contributed by atoms with E-state index in [4.69, 9.17) is 0 Å². The van der Waals surface area contributed by atoms with Crippen LogP contribution in [0, 0.1) is 44.2 Å². The SMILES string of the molecule is O=[N+]([O-])C#Cc1ccccc1C#C[N+](=O)[O-]. The van der Waals surface area contributed by atoms with Gasteiger partial charge in [0.25, 0.3) is 12.1 Å². The Morgan fingerprint density at radius 1 is 0.875 bits per heavy atom. The molecule has 0 amide bonds. The number of nitrogens with zero attached hydrogens (tertiary/aromatic N) is 2. The molecule has 1 aromatic rings. The molecule has 0 N–H and O–H groups in total. The maximum atomic E-state index is 10.0. The summed E-state index contributed by atoms with van der Waals surface area (Å²) in [7, 11) is 0. The van der Waals surface area contributed by atoms with Gasteiger partial charge in [0.15, 0.2) is 0 Å². The van der Waals surface area contributed by atoms with Gasteiger partial charge in [-0.15, -0.1) is 0 Å². The molecule has 0 heterocycles. The Kier molecular flexibility index (Phi) is 3.59. The topological polar surface area (TPSA) is 86.3 Å². The van der Waals surface area contributed by atoms with E-state index in [1.54, 1.807) is 24.2 Å². The van der Waals surface area contributed by atoms with Crippen molar-refractivity contribution in [2.75, 3.05) is 0 Å². The van der Waals surface area contributed by atoms with Gasteiger partial charge >= 0.3 is 0 Å². The van der Waals surface area contributed by atoms with Crippen LogP contribution in [0.4, 0.5) is 0 Å². The van der Waals surface area contributed by atoms with E-state index in [1.165, 1.54) is 12.1 Å². The molecule has 16 heavy (non-hydrogen) atoms. The normalized spacial score (nSPS) is 8.00. The van der Waals surface area contributed by atoms with Crippen LogP contribution < -0.4 is 0 Å². The van der Waals surface area contributed by atoms with Gasteiger partial charge in [0.05, 0.1) is 0 Å². The van der Waals surface area contributed by atoms with E-state index in [2.05, 4.69) is 11.8 Å². The van der Waals surface area contributed by atoms with Gasteiger partial charge in [0.2, 0.25) is 0 Å². The standard InChI is InChI=1S/C10H4N2O4/c13-11(14)7-5-9-3-1-2-4-10(9)6-8-12(15)16/h1-4H. The predicted molar refractivity (Wildman–Crippen MR) is 54.2 cm³/mol. The lowest BCUT2D eigenvalue weighted by atomic mass is 10.1. The van der Waals surface area contributed by atoms with Gasteiger partial charge in [-0.3, -0.25) is 0 Å². The molecule has 0 aliphatic rings. The van der Waals surface area contributed by atoms with Gasteiger partial charge < -0.3 is 0 Å². The molecule has 78 valence electrons. The molecule has 0 aliphatic heterocycles. The summed E-state index contributed by atoms with van der Waals surface area (Å²) >= 11 is 0. The molecular formula is C10H4N2O4. The molecule has 0 saturated carbocycles. The second-order valence-electron chi connectivity index (χ2n) is 2.53. The molecule has 0 fully saturated rings. The zero-order valence-corrected chi connectivity index (χ0v) is 7.84. The highest BCUT2D eigenvalue weighted by Crippen LogP contribution is 2.05. The van der Waals surface area contributed by atoms with Crippen LogP contribution in [-0.4, -0.2) is 9.85 Å². The Labute approximate surface area is 90.2 Å². The van der Waals surface area contributed by atoms with Gasteiger partial charge in [-0.25, -0.2) is 20.2 Å². The zero-order chi connectivity index (χ0) is 12.0. The molecule has 0 atom stereocenters. The molecule has 0 aliphatic carbocycles. The lowest BCUT2D eigenvalue weighted by molar-refractivity contribution is -0.379. The number of hydrogen-bond acceptors (Lipinski definition) is 4. The summed E-state index contributed by atoms with van der Waals surface area (Å²) in [6.45, 7) is 0. The lowest BCUT2D eigenvalue weighted by Crippen LogP contribution is -1.88. The molecule has 6 nitrogen and oxygen atoms in total. The second kappa shape index (κ2) is 5.13. The summed E-state index contributed by atoms with van der Waals surface area (Å²) in [4.78, 5) is 18.5. The molecule has 6 heteroatoms. The summed E-state index contributed by atoms with van der Waals surface area (Å²) in [6.07, 6.45) is 0. The van der Waals surface area contributed by atoms with Crippen molar-refractivity contribution in [3.63, 3.8) is 0 Å². The number of nitro groups is 2. The van der Waals surface area contributed by atoms with Gasteiger partial charge in [0, 0.05) is 23.0 Å². The van der Waals surface area contributed by atoms with E-state index in [-0.39, 0.29) is 11.1 Å². The van der Waals surface area contributed by atoms with Crippen LogP contribution in [0.1, 0.15) is 11.1 Å². The fourth-order valence-electron chi connectivity index (χ4n) is 0.913. The van der Waals surface area contributed by atoms with Gasteiger partial charge in [-0.2, -0.15) is 0 Å². The molecule has 0 bridgehead atoms. The highest BCUT2D eigenvalue weighted by molar-refractivity contribution is 5.48. The minimum Gasteiger partial charge on any atom is -0.249 e. The van der Waals surface area contributed by atoms with Crippen molar-refractivity contribution in [2.24, 2.45) is 0 Å². The molecular weight excluding hydrogens is 212 g/mol. The van der Waals surface area contributed by atoms with Gasteiger partial charge in [0.1, 0.15) is 9.85 Å². The fraction of sp³-hybridized carbons (Fsp3) is 0. The van der Waals surface area contributed by atoms with Crippen LogP contribution >= 0.6 is 0 Å². The van der Waals surface area contributed by atoms with E-state index >= 15 is 0 Å². The summed E-state index contributed by atoms with van der Waals surface area (Å²) in [5, 5.41) is 20.1. The van der Waals surface area contributed by atoms with E-state index in [0.29, 0.717) is 0 Å². The van der Waals surface area contributed by atoms with Crippen LogP contribution in [0.15, 0.2) is 24.3 Å². The predicted octanol–water partition coefficient (Wildman–Crippen LogP) is 0.858. The minimum absolute atomic E-state index is 0.286. The first-order valence-corrected chi connectivity index (χ1v) is 4.00. The molecule has 1 aromatic carbocycles. The maximum absolute atomic E-state index is 10.0. The molecule has 0 spiro atoms. The Bertz CT molecular complexity index is 506. The van der Waals surface area contributed by atoms with Crippen LogP contribution in [0.2, 0.25) is 0 Å². The molecule has 0 radical (unpaired) electrons. The Morgan fingerprint density at radius 2 is 1.25 bits per heavy atom. The smallest absolute Gasteiger partial charge is 0.249 e. The van der Waals surface area contributed by atoms with Crippen molar-refractivity contribution < 1.29 is 9.85 Å². The van der Waals surface area contributed by atoms with E-state index < -0.39 is 9.85 Å². The molecule has 0 saturated heterocycles. The quantitative estimate of drug-likeness (QED) is 0.278. The highest BCUT2D eigenvalue weighted by atomic mass is 16.6. The fourth-order valence-corrected chi connectivity index (χ4v) is 0.913. The van der Waals surface area contributed by atoms with Gasteiger partial charge in [-0.1, -0.05) is 12.1 Å². The van der Waals surface area contributed by atoms with E-state index in [9.17, 15) is 20.2 Å². The lowest BCUT2D eigenvalue weighted by Gasteiger charge is -1.91. The second-order valence-corrected chi connectivity index (χ2v) is 2.53. The van der Waals surface area contributed by atoms with Crippen molar-refractivity contribution in [3.8, 4) is 23.9 Å². The first-order chi connectivity index (χ1) is 7.59. The number of rotatable bonds is 0. The summed E-state index contributed by atoms with van der Waals surface area (Å²) in [5.41, 5.74) is 0.571. The zero-order valence-electron chi connectivity index (χ0n) is 7.84. The highest BCUT2D eigenvalue weighted by Gasteiger charge is 1.98. The number of benzene rings is 1. The molecule has 1 rings (SSSR count). The van der Waals surface area contributed by atoms with E-state index in [1.807, 2.05) is 0 Å². The van der Waals surface area contributed by atoms with Crippen molar-refractivity contribution >= 4 is 0 Å². The largest absolute Gasteiger partial charge is 0.295 e. The molecule has 0 aromatic heterocycles. The Balaban J connectivity index is 3.13. The maximum Gasteiger partial charge on any atom is 0.295 e. The Hall–Kier alpha value is -2.86. The first kappa shape index (κ1) is 11.2. The monoisotopic (exact) mass is 216 g/mol. The van der Waals surface area contributed by atoms with Crippen molar-refractivity contribution in [1.29, 1.82) is 0 Å².